The maximum absolute atomic E-state index is 13.3. The standard InChI is InChI=1S/C23H26N2O5/c1-27-20-8-7-18(15-22(20)28-2)25(23(26)21-6-4-14-30-21)17-9-11-24(12-10-17)16-19-5-3-13-29-19/h3-8,13-15,17H,9-12,16H2,1-2H3. The lowest BCUT2D eigenvalue weighted by molar-refractivity contribution is 0.0930. The Hall–Kier alpha value is -3.19. The highest BCUT2D eigenvalue weighted by Gasteiger charge is 2.31. The highest BCUT2D eigenvalue weighted by molar-refractivity contribution is 6.04. The van der Waals surface area contributed by atoms with E-state index < -0.39 is 0 Å². The average molecular weight is 410 g/mol. The van der Waals surface area contributed by atoms with Crippen LogP contribution in [0.3, 0.4) is 0 Å². The van der Waals surface area contributed by atoms with Crippen LogP contribution in [0.4, 0.5) is 5.69 Å². The fourth-order valence-corrected chi connectivity index (χ4v) is 3.95. The number of rotatable bonds is 7. The van der Waals surface area contributed by atoms with Crippen LogP contribution in [-0.4, -0.2) is 44.2 Å². The molecule has 2 aromatic heterocycles. The third-order valence-electron chi connectivity index (χ3n) is 5.48. The highest BCUT2D eigenvalue weighted by Crippen LogP contribution is 2.34. The van der Waals surface area contributed by atoms with Gasteiger partial charge in [0.25, 0.3) is 5.91 Å². The average Bonchev–Trinajstić information content (AvgIpc) is 3.49. The normalized spacial score (nSPS) is 15.1. The summed E-state index contributed by atoms with van der Waals surface area (Å²) in [5.74, 6) is 2.33. The van der Waals surface area contributed by atoms with E-state index in [0.717, 1.165) is 43.9 Å². The number of methoxy groups -OCH3 is 2. The van der Waals surface area contributed by atoms with Gasteiger partial charge in [-0.15, -0.1) is 0 Å². The predicted molar refractivity (Wildman–Crippen MR) is 112 cm³/mol. The number of benzene rings is 1. The molecule has 0 saturated carbocycles. The summed E-state index contributed by atoms with van der Waals surface area (Å²) in [5, 5.41) is 0. The minimum Gasteiger partial charge on any atom is -0.493 e. The minimum absolute atomic E-state index is 0.0496. The third kappa shape index (κ3) is 4.21. The van der Waals surface area contributed by atoms with Crippen LogP contribution >= 0.6 is 0 Å². The Morgan fingerprint density at radius 3 is 2.40 bits per heavy atom. The van der Waals surface area contributed by atoms with Crippen molar-refractivity contribution in [3.05, 3.63) is 66.5 Å². The number of carbonyl (C=O) groups is 1. The zero-order valence-corrected chi connectivity index (χ0v) is 17.2. The van der Waals surface area contributed by atoms with Gasteiger partial charge in [0.15, 0.2) is 17.3 Å². The molecule has 7 heteroatoms. The molecule has 7 nitrogen and oxygen atoms in total. The van der Waals surface area contributed by atoms with Gasteiger partial charge in [0.1, 0.15) is 5.76 Å². The van der Waals surface area contributed by atoms with Crippen LogP contribution < -0.4 is 14.4 Å². The van der Waals surface area contributed by atoms with Crippen molar-refractivity contribution in [2.75, 3.05) is 32.2 Å². The summed E-state index contributed by atoms with van der Waals surface area (Å²) in [6, 6.07) is 12.9. The maximum atomic E-state index is 13.3. The molecule has 0 unspecified atom stereocenters. The molecule has 4 rings (SSSR count). The summed E-state index contributed by atoms with van der Waals surface area (Å²) in [4.78, 5) is 17.5. The predicted octanol–water partition coefficient (Wildman–Crippen LogP) is 4.20. The fraction of sp³-hybridized carbons (Fsp3) is 0.348. The van der Waals surface area contributed by atoms with Gasteiger partial charge < -0.3 is 23.2 Å². The van der Waals surface area contributed by atoms with E-state index in [1.807, 2.05) is 35.2 Å². The van der Waals surface area contributed by atoms with Crippen molar-refractivity contribution in [1.29, 1.82) is 0 Å². The van der Waals surface area contributed by atoms with Crippen molar-refractivity contribution in [2.24, 2.45) is 0 Å². The summed E-state index contributed by atoms with van der Waals surface area (Å²) >= 11 is 0. The van der Waals surface area contributed by atoms with Gasteiger partial charge in [-0.1, -0.05) is 0 Å². The van der Waals surface area contributed by atoms with E-state index in [4.69, 9.17) is 18.3 Å². The molecule has 3 aromatic rings. The first kappa shape index (κ1) is 20.1. The van der Waals surface area contributed by atoms with Crippen LogP contribution in [0.2, 0.25) is 0 Å². The molecule has 0 spiro atoms. The number of hydrogen-bond acceptors (Lipinski definition) is 6. The molecule has 1 fully saturated rings. The molecule has 0 atom stereocenters. The number of ether oxygens (including phenoxy) is 2. The molecule has 0 bridgehead atoms. The lowest BCUT2D eigenvalue weighted by atomic mass is 10.0. The van der Waals surface area contributed by atoms with E-state index in [1.165, 1.54) is 6.26 Å². The first-order valence-corrected chi connectivity index (χ1v) is 10.0. The molecule has 0 N–H and O–H groups in total. The highest BCUT2D eigenvalue weighted by atomic mass is 16.5. The summed E-state index contributed by atoms with van der Waals surface area (Å²) in [6.45, 7) is 2.53. The molecule has 0 aliphatic carbocycles. The minimum atomic E-state index is -0.156. The monoisotopic (exact) mass is 410 g/mol. The summed E-state index contributed by atoms with van der Waals surface area (Å²) in [6.07, 6.45) is 4.91. The number of hydrogen-bond donors (Lipinski definition) is 0. The first-order chi connectivity index (χ1) is 14.7. The van der Waals surface area contributed by atoms with Gasteiger partial charge in [0, 0.05) is 30.9 Å². The molecular weight excluding hydrogens is 384 g/mol. The summed E-state index contributed by atoms with van der Waals surface area (Å²) in [5.41, 5.74) is 0.763. The van der Waals surface area contributed by atoms with Crippen LogP contribution in [0.25, 0.3) is 0 Å². The van der Waals surface area contributed by atoms with E-state index in [0.29, 0.717) is 17.3 Å². The Balaban J connectivity index is 1.56. The second kappa shape index (κ2) is 9.09. The van der Waals surface area contributed by atoms with Crippen molar-refractivity contribution in [3.63, 3.8) is 0 Å². The van der Waals surface area contributed by atoms with Gasteiger partial charge >= 0.3 is 0 Å². The van der Waals surface area contributed by atoms with Crippen molar-refractivity contribution >= 4 is 11.6 Å². The van der Waals surface area contributed by atoms with Crippen LogP contribution in [-0.2, 0) is 6.54 Å². The Morgan fingerprint density at radius 1 is 1.03 bits per heavy atom. The molecule has 0 radical (unpaired) electrons. The second-order valence-electron chi connectivity index (χ2n) is 7.28. The van der Waals surface area contributed by atoms with E-state index >= 15 is 0 Å². The number of piperidine rings is 1. The van der Waals surface area contributed by atoms with Crippen LogP contribution in [0, 0.1) is 0 Å². The number of likely N-dealkylation sites (tertiary alicyclic amines) is 1. The maximum Gasteiger partial charge on any atom is 0.294 e. The summed E-state index contributed by atoms with van der Waals surface area (Å²) < 4.78 is 21.7. The zero-order valence-electron chi connectivity index (χ0n) is 17.2. The molecule has 1 amide bonds. The van der Waals surface area contributed by atoms with Crippen molar-refractivity contribution < 1.29 is 23.1 Å². The number of furan rings is 2. The third-order valence-corrected chi connectivity index (χ3v) is 5.48. The van der Waals surface area contributed by atoms with E-state index in [9.17, 15) is 4.79 Å². The van der Waals surface area contributed by atoms with Crippen LogP contribution in [0.5, 0.6) is 11.5 Å². The largest absolute Gasteiger partial charge is 0.493 e. The Labute approximate surface area is 175 Å². The zero-order chi connectivity index (χ0) is 20.9. The van der Waals surface area contributed by atoms with Gasteiger partial charge in [-0.2, -0.15) is 0 Å². The van der Waals surface area contributed by atoms with Gasteiger partial charge in [-0.25, -0.2) is 0 Å². The van der Waals surface area contributed by atoms with Crippen LogP contribution in [0.1, 0.15) is 29.2 Å². The number of carbonyl (C=O) groups excluding carboxylic acids is 1. The fourth-order valence-electron chi connectivity index (χ4n) is 3.95. The van der Waals surface area contributed by atoms with E-state index in [2.05, 4.69) is 4.90 Å². The second-order valence-corrected chi connectivity index (χ2v) is 7.28. The Bertz CT molecular complexity index is 944. The molecule has 1 saturated heterocycles. The van der Waals surface area contributed by atoms with Crippen LogP contribution in [0.15, 0.2) is 63.8 Å². The van der Waals surface area contributed by atoms with Gasteiger partial charge in [-0.05, 0) is 49.2 Å². The topological polar surface area (TPSA) is 68.3 Å². The molecule has 30 heavy (non-hydrogen) atoms. The molecule has 1 aliphatic heterocycles. The SMILES string of the molecule is COc1ccc(N(C(=O)c2ccco2)C2CCN(Cc3ccco3)CC2)cc1OC. The molecule has 3 heterocycles. The van der Waals surface area contributed by atoms with E-state index in [-0.39, 0.29) is 11.9 Å². The number of amides is 1. The number of nitrogens with zero attached hydrogens (tertiary/aromatic N) is 2. The lowest BCUT2D eigenvalue weighted by Crippen LogP contribution is -2.47. The lowest BCUT2D eigenvalue weighted by Gasteiger charge is -2.38. The van der Waals surface area contributed by atoms with Gasteiger partial charge in [0.05, 0.1) is 33.3 Å². The quantitative estimate of drug-likeness (QED) is 0.582. The molecular formula is C23H26N2O5. The molecule has 1 aliphatic rings. The Morgan fingerprint density at radius 2 is 1.77 bits per heavy atom. The van der Waals surface area contributed by atoms with Gasteiger partial charge in [-0.3, -0.25) is 9.69 Å². The molecule has 158 valence electrons. The van der Waals surface area contributed by atoms with E-state index in [1.54, 1.807) is 32.6 Å². The summed E-state index contributed by atoms with van der Waals surface area (Å²) in [7, 11) is 3.19. The Kier molecular flexibility index (Phi) is 6.09. The van der Waals surface area contributed by atoms with Gasteiger partial charge in [0.2, 0.25) is 0 Å². The van der Waals surface area contributed by atoms with Crippen molar-refractivity contribution in [3.8, 4) is 11.5 Å². The van der Waals surface area contributed by atoms with Crippen molar-refractivity contribution in [1.82, 2.24) is 4.90 Å². The van der Waals surface area contributed by atoms with Crippen molar-refractivity contribution in [2.45, 2.75) is 25.4 Å². The first-order valence-electron chi connectivity index (χ1n) is 10.0. The molecule has 1 aromatic carbocycles. The smallest absolute Gasteiger partial charge is 0.294 e. The number of anilines is 1.